The van der Waals surface area contributed by atoms with Crippen molar-refractivity contribution in [2.75, 3.05) is 11.9 Å². The van der Waals surface area contributed by atoms with Gasteiger partial charge in [-0.15, -0.1) is 12.6 Å². The summed E-state index contributed by atoms with van der Waals surface area (Å²) in [5.74, 6) is -0.143. The van der Waals surface area contributed by atoms with Gasteiger partial charge in [0, 0.05) is 17.6 Å². The Morgan fingerprint density at radius 1 is 1.21 bits per heavy atom. The van der Waals surface area contributed by atoms with Crippen molar-refractivity contribution in [1.82, 2.24) is 0 Å². The van der Waals surface area contributed by atoms with Gasteiger partial charge in [-0.05, 0) is 36.8 Å². The number of aryl methyl sites for hydroxylation is 1. The second kappa shape index (κ2) is 5.68. The average molecular weight is 292 g/mol. The Kier molecular flexibility index (Phi) is 4.17. The smallest absolute Gasteiger partial charge is 0.259 e. The molecule has 0 unspecified atom stereocenters. The molecule has 2 nitrogen and oxygen atoms in total. The van der Waals surface area contributed by atoms with Crippen LogP contribution in [-0.2, 0) is 0 Å². The van der Waals surface area contributed by atoms with Gasteiger partial charge in [0.25, 0.3) is 5.91 Å². The van der Waals surface area contributed by atoms with Gasteiger partial charge in [-0.25, -0.2) is 0 Å². The van der Waals surface area contributed by atoms with Crippen molar-refractivity contribution in [3.05, 3.63) is 58.6 Å². The molecule has 0 aliphatic carbocycles. The van der Waals surface area contributed by atoms with Gasteiger partial charge >= 0.3 is 0 Å². The molecule has 0 bridgehead atoms. The lowest BCUT2D eigenvalue weighted by atomic mass is 10.1. The number of amides is 1. The second-order valence-electron chi connectivity index (χ2n) is 4.31. The number of hydrogen-bond donors (Lipinski definition) is 1. The molecule has 0 aromatic heterocycles. The Hall–Kier alpha value is -1.45. The summed E-state index contributed by atoms with van der Waals surface area (Å²) in [4.78, 5) is 14.8. The summed E-state index contributed by atoms with van der Waals surface area (Å²) >= 11 is 10.3. The van der Waals surface area contributed by atoms with Crippen molar-refractivity contribution >= 4 is 35.8 Å². The fourth-order valence-electron chi connectivity index (χ4n) is 1.91. The van der Waals surface area contributed by atoms with Gasteiger partial charge in [-0.2, -0.15) is 0 Å². The van der Waals surface area contributed by atoms with E-state index in [1.165, 1.54) is 0 Å². The van der Waals surface area contributed by atoms with Crippen molar-refractivity contribution in [2.45, 2.75) is 11.8 Å². The molecule has 0 aliphatic rings. The number of carbonyl (C=O) groups excluding carboxylic acids is 1. The molecule has 0 N–H and O–H groups in total. The quantitative estimate of drug-likeness (QED) is 0.822. The molecule has 0 saturated carbocycles. The Morgan fingerprint density at radius 2 is 1.89 bits per heavy atom. The molecule has 0 atom stereocenters. The van der Waals surface area contributed by atoms with E-state index in [-0.39, 0.29) is 5.91 Å². The van der Waals surface area contributed by atoms with Crippen molar-refractivity contribution in [2.24, 2.45) is 0 Å². The first-order valence-electron chi connectivity index (χ1n) is 5.83. The number of carbonyl (C=O) groups is 1. The minimum absolute atomic E-state index is 0.143. The molecule has 0 saturated heterocycles. The maximum atomic E-state index is 12.5. The molecule has 2 rings (SSSR count). The molecular formula is C15H14ClNOS. The van der Waals surface area contributed by atoms with Gasteiger partial charge in [0.1, 0.15) is 0 Å². The molecule has 0 aliphatic heterocycles. The zero-order chi connectivity index (χ0) is 14.0. The molecule has 1 amide bonds. The number of hydrogen-bond acceptors (Lipinski definition) is 2. The van der Waals surface area contributed by atoms with Crippen LogP contribution in [0, 0.1) is 6.92 Å². The molecule has 98 valence electrons. The Morgan fingerprint density at radius 3 is 2.58 bits per heavy atom. The lowest BCUT2D eigenvalue weighted by Gasteiger charge is -2.20. The van der Waals surface area contributed by atoms with E-state index in [1.807, 2.05) is 31.2 Å². The third-order valence-electron chi connectivity index (χ3n) is 2.96. The molecule has 0 spiro atoms. The normalized spacial score (nSPS) is 10.3. The zero-order valence-corrected chi connectivity index (χ0v) is 12.4. The summed E-state index contributed by atoms with van der Waals surface area (Å²) in [6, 6.07) is 12.9. The highest BCUT2D eigenvalue weighted by atomic mass is 35.5. The standard InChI is InChI=1S/C15H14ClNOS/c1-10-5-3-4-6-14(10)17(2)15(18)12-9-11(19)7-8-13(12)16/h3-9,19H,1-2H3. The predicted octanol–water partition coefficient (Wildman–Crippen LogP) is 4.21. The van der Waals surface area contributed by atoms with Crippen LogP contribution in [0.4, 0.5) is 5.69 Å². The summed E-state index contributed by atoms with van der Waals surface area (Å²) in [7, 11) is 1.74. The Balaban J connectivity index is 2.39. The van der Waals surface area contributed by atoms with E-state index in [2.05, 4.69) is 12.6 Å². The van der Waals surface area contributed by atoms with Gasteiger partial charge in [0.2, 0.25) is 0 Å². The number of rotatable bonds is 2. The van der Waals surface area contributed by atoms with E-state index in [0.29, 0.717) is 15.5 Å². The highest BCUT2D eigenvalue weighted by Crippen LogP contribution is 2.25. The maximum absolute atomic E-state index is 12.5. The van der Waals surface area contributed by atoms with E-state index >= 15 is 0 Å². The lowest BCUT2D eigenvalue weighted by Crippen LogP contribution is -2.27. The summed E-state index contributed by atoms with van der Waals surface area (Å²) in [6.07, 6.45) is 0. The van der Waals surface area contributed by atoms with Crippen molar-refractivity contribution in [1.29, 1.82) is 0 Å². The predicted molar refractivity (Wildman–Crippen MR) is 82.6 cm³/mol. The maximum Gasteiger partial charge on any atom is 0.259 e. The number of nitrogens with zero attached hydrogens (tertiary/aromatic N) is 1. The van der Waals surface area contributed by atoms with Crippen molar-refractivity contribution < 1.29 is 4.79 Å². The van der Waals surface area contributed by atoms with Crippen molar-refractivity contribution in [3.63, 3.8) is 0 Å². The first-order valence-corrected chi connectivity index (χ1v) is 6.65. The first kappa shape index (κ1) is 14.0. The first-order chi connectivity index (χ1) is 9.00. The van der Waals surface area contributed by atoms with Crippen LogP contribution in [0.5, 0.6) is 0 Å². The second-order valence-corrected chi connectivity index (χ2v) is 5.24. The summed E-state index contributed by atoms with van der Waals surface area (Å²) in [5.41, 5.74) is 2.37. The van der Waals surface area contributed by atoms with E-state index in [9.17, 15) is 4.79 Å². The lowest BCUT2D eigenvalue weighted by molar-refractivity contribution is 0.0993. The van der Waals surface area contributed by atoms with Crippen LogP contribution in [0.2, 0.25) is 5.02 Å². The SMILES string of the molecule is Cc1ccccc1N(C)C(=O)c1cc(S)ccc1Cl. The largest absolute Gasteiger partial charge is 0.311 e. The molecular weight excluding hydrogens is 278 g/mol. The average Bonchev–Trinajstić information content (AvgIpc) is 2.40. The van der Waals surface area contributed by atoms with Crippen LogP contribution in [0.1, 0.15) is 15.9 Å². The third-order valence-corrected chi connectivity index (χ3v) is 3.57. The van der Waals surface area contributed by atoms with Gasteiger partial charge in [-0.1, -0.05) is 29.8 Å². The molecule has 2 aromatic rings. The summed E-state index contributed by atoms with van der Waals surface area (Å²) in [5, 5.41) is 0.434. The van der Waals surface area contributed by atoms with Gasteiger partial charge < -0.3 is 4.90 Å². The number of thiol groups is 1. The van der Waals surface area contributed by atoms with Crippen LogP contribution in [0.15, 0.2) is 47.4 Å². The monoisotopic (exact) mass is 291 g/mol. The van der Waals surface area contributed by atoms with E-state index < -0.39 is 0 Å². The van der Waals surface area contributed by atoms with Crippen LogP contribution in [-0.4, -0.2) is 13.0 Å². The number of para-hydroxylation sites is 1. The van der Waals surface area contributed by atoms with E-state index in [4.69, 9.17) is 11.6 Å². The molecule has 0 fully saturated rings. The van der Waals surface area contributed by atoms with E-state index in [0.717, 1.165) is 11.3 Å². The van der Waals surface area contributed by atoms with Crippen LogP contribution < -0.4 is 4.90 Å². The van der Waals surface area contributed by atoms with Gasteiger partial charge in [0.05, 0.1) is 10.6 Å². The zero-order valence-electron chi connectivity index (χ0n) is 10.7. The number of halogens is 1. The van der Waals surface area contributed by atoms with Crippen LogP contribution >= 0.6 is 24.2 Å². The molecule has 2 aromatic carbocycles. The fourth-order valence-corrected chi connectivity index (χ4v) is 2.31. The van der Waals surface area contributed by atoms with Crippen molar-refractivity contribution in [3.8, 4) is 0 Å². The highest BCUT2D eigenvalue weighted by Gasteiger charge is 2.17. The molecule has 0 heterocycles. The van der Waals surface area contributed by atoms with Crippen LogP contribution in [0.3, 0.4) is 0 Å². The van der Waals surface area contributed by atoms with Crippen LogP contribution in [0.25, 0.3) is 0 Å². The Labute approximate surface area is 123 Å². The molecule has 4 heteroatoms. The Bertz CT molecular complexity index is 627. The minimum atomic E-state index is -0.143. The van der Waals surface area contributed by atoms with E-state index in [1.54, 1.807) is 30.1 Å². The molecule has 19 heavy (non-hydrogen) atoms. The number of anilines is 1. The minimum Gasteiger partial charge on any atom is -0.311 e. The highest BCUT2D eigenvalue weighted by molar-refractivity contribution is 7.80. The summed E-state index contributed by atoms with van der Waals surface area (Å²) < 4.78 is 0. The summed E-state index contributed by atoms with van der Waals surface area (Å²) in [6.45, 7) is 1.97. The third kappa shape index (κ3) is 2.94. The molecule has 0 radical (unpaired) electrons. The number of benzene rings is 2. The van der Waals surface area contributed by atoms with Gasteiger partial charge in [0.15, 0.2) is 0 Å². The topological polar surface area (TPSA) is 20.3 Å². The fraction of sp³-hybridized carbons (Fsp3) is 0.133. The van der Waals surface area contributed by atoms with Gasteiger partial charge in [-0.3, -0.25) is 4.79 Å².